The maximum atomic E-state index is 12.5. The summed E-state index contributed by atoms with van der Waals surface area (Å²) in [7, 11) is 1.91. The van der Waals surface area contributed by atoms with Gasteiger partial charge in [0.25, 0.3) is 0 Å². The molecule has 0 atom stereocenters. The molecule has 2 aromatic rings. The Labute approximate surface area is 141 Å². The van der Waals surface area contributed by atoms with Crippen LogP contribution in [-0.4, -0.2) is 61.8 Å². The number of hydrogen-bond donors (Lipinski definition) is 0. The van der Waals surface area contributed by atoms with E-state index >= 15 is 0 Å². The van der Waals surface area contributed by atoms with Gasteiger partial charge in [0.05, 0.1) is 6.54 Å². The zero-order chi connectivity index (χ0) is 16.9. The molecular weight excluding hydrogens is 308 g/mol. The molecule has 1 aliphatic rings. The number of rotatable bonds is 5. The van der Waals surface area contributed by atoms with Crippen molar-refractivity contribution in [2.75, 3.05) is 26.2 Å². The van der Waals surface area contributed by atoms with Crippen LogP contribution in [-0.2, 0) is 24.8 Å². The summed E-state index contributed by atoms with van der Waals surface area (Å²) in [5.41, 5.74) is 1.09. The molecular formula is C16H24N6O2. The summed E-state index contributed by atoms with van der Waals surface area (Å²) in [6.45, 7) is 5.79. The van der Waals surface area contributed by atoms with Gasteiger partial charge in [-0.1, -0.05) is 5.16 Å². The average molecular weight is 332 g/mol. The van der Waals surface area contributed by atoms with Crippen LogP contribution in [0.15, 0.2) is 16.8 Å². The number of nitrogens with zero attached hydrogens (tertiary/aromatic N) is 6. The second kappa shape index (κ2) is 7.57. The Bertz CT molecular complexity index is 680. The zero-order valence-corrected chi connectivity index (χ0v) is 14.3. The van der Waals surface area contributed by atoms with Crippen molar-refractivity contribution in [3.05, 3.63) is 29.7 Å². The van der Waals surface area contributed by atoms with Gasteiger partial charge in [0.2, 0.25) is 11.8 Å². The van der Waals surface area contributed by atoms with Crippen LogP contribution < -0.4 is 0 Å². The van der Waals surface area contributed by atoms with Crippen molar-refractivity contribution in [1.82, 2.24) is 29.7 Å². The first-order chi connectivity index (χ1) is 11.6. The summed E-state index contributed by atoms with van der Waals surface area (Å²) < 4.78 is 7.00. The van der Waals surface area contributed by atoms with E-state index in [4.69, 9.17) is 4.52 Å². The van der Waals surface area contributed by atoms with Crippen LogP contribution in [0.3, 0.4) is 0 Å². The Morgan fingerprint density at radius 2 is 2.17 bits per heavy atom. The molecule has 1 saturated heterocycles. The quantitative estimate of drug-likeness (QED) is 0.805. The smallest absolute Gasteiger partial charge is 0.240 e. The number of carbonyl (C=O) groups is 1. The van der Waals surface area contributed by atoms with Gasteiger partial charge >= 0.3 is 0 Å². The highest BCUT2D eigenvalue weighted by Crippen LogP contribution is 2.10. The van der Waals surface area contributed by atoms with Crippen molar-refractivity contribution in [1.29, 1.82) is 0 Å². The minimum atomic E-state index is 0.215. The number of hydrogen-bond acceptors (Lipinski definition) is 6. The van der Waals surface area contributed by atoms with Gasteiger partial charge in [-0.05, 0) is 25.8 Å². The molecule has 0 unspecified atom stereocenters. The molecule has 8 heteroatoms. The van der Waals surface area contributed by atoms with Gasteiger partial charge < -0.3 is 9.42 Å². The molecule has 24 heavy (non-hydrogen) atoms. The van der Waals surface area contributed by atoms with E-state index in [2.05, 4.69) is 20.1 Å². The van der Waals surface area contributed by atoms with Crippen LogP contribution >= 0.6 is 0 Å². The molecule has 1 fully saturated rings. The number of aryl methyl sites for hydroxylation is 3. The molecule has 0 radical (unpaired) electrons. The van der Waals surface area contributed by atoms with E-state index in [0.717, 1.165) is 44.7 Å². The van der Waals surface area contributed by atoms with Gasteiger partial charge in [-0.2, -0.15) is 10.1 Å². The van der Waals surface area contributed by atoms with Crippen molar-refractivity contribution >= 4 is 5.91 Å². The fourth-order valence-electron chi connectivity index (χ4n) is 3.01. The van der Waals surface area contributed by atoms with Gasteiger partial charge in [0, 0.05) is 51.5 Å². The van der Waals surface area contributed by atoms with Crippen molar-refractivity contribution in [2.24, 2.45) is 7.05 Å². The summed E-state index contributed by atoms with van der Waals surface area (Å²) in [6, 6.07) is 1.96. The third-order valence-corrected chi connectivity index (χ3v) is 4.39. The molecule has 3 heterocycles. The molecule has 2 aromatic heterocycles. The lowest BCUT2D eigenvalue weighted by Gasteiger charge is -2.21. The van der Waals surface area contributed by atoms with E-state index < -0.39 is 0 Å². The largest absolute Gasteiger partial charge is 0.341 e. The van der Waals surface area contributed by atoms with Crippen LogP contribution in [0.1, 0.15) is 30.3 Å². The molecule has 0 bridgehead atoms. The van der Waals surface area contributed by atoms with Crippen molar-refractivity contribution in [2.45, 2.75) is 32.7 Å². The predicted molar refractivity (Wildman–Crippen MR) is 87.0 cm³/mol. The van der Waals surface area contributed by atoms with E-state index in [-0.39, 0.29) is 5.91 Å². The first-order valence-electron chi connectivity index (χ1n) is 8.38. The lowest BCUT2D eigenvalue weighted by molar-refractivity contribution is -0.131. The maximum Gasteiger partial charge on any atom is 0.240 e. The summed E-state index contributed by atoms with van der Waals surface area (Å²) >= 11 is 0. The molecule has 0 aliphatic carbocycles. The topological polar surface area (TPSA) is 80.3 Å². The van der Waals surface area contributed by atoms with Gasteiger partial charge in [-0.3, -0.25) is 14.4 Å². The molecule has 0 N–H and O–H groups in total. The fourth-order valence-corrected chi connectivity index (χ4v) is 3.01. The number of amides is 1. The first kappa shape index (κ1) is 16.6. The van der Waals surface area contributed by atoms with E-state index in [1.165, 1.54) is 0 Å². The second-order valence-corrected chi connectivity index (χ2v) is 6.19. The average Bonchev–Trinajstić information content (AvgIpc) is 3.07. The van der Waals surface area contributed by atoms with Crippen molar-refractivity contribution in [3.8, 4) is 0 Å². The van der Waals surface area contributed by atoms with E-state index in [0.29, 0.717) is 24.7 Å². The molecule has 0 aromatic carbocycles. The van der Waals surface area contributed by atoms with E-state index in [1.807, 2.05) is 29.6 Å². The number of carbonyl (C=O) groups excluding carboxylic acids is 1. The molecule has 8 nitrogen and oxygen atoms in total. The van der Waals surface area contributed by atoms with Crippen LogP contribution in [0, 0.1) is 6.92 Å². The Morgan fingerprint density at radius 3 is 2.88 bits per heavy atom. The second-order valence-electron chi connectivity index (χ2n) is 6.19. The lowest BCUT2D eigenvalue weighted by Crippen LogP contribution is -2.35. The third kappa shape index (κ3) is 4.19. The summed E-state index contributed by atoms with van der Waals surface area (Å²) in [6.07, 6.45) is 3.99. The third-order valence-electron chi connectivity index (χ3n) is 4.39. The van der Waals surface area contributed by atoms with Crippen molar-refractivity contribution in [3.63, 3.8) is 0 Å². The molecule has 0 saturated carbocycles. The van der Waals surface area contributed by atoms with Crippen LogP contribution in [0.2, 0.25) is 0 Å². The normalized spacial score (nSPS) is 16.3. The van der Waals surface area contributed by atoms with E-state index in [9.17, 15) is 4.79 Å². The van der Waals surface area contributed by atoms with Crippen LogP contribution in [0.25, 0.3) is 0 Å². The summed E-state index contributed by atoms with van der Waals surface area (Å²) in [5.74, 6) is 1.52. The Hall–Kier alpha value is -2.22. The minimum Gasteiger partial charge on any atom is -0.341 e. The standard InChI is InChI=1S/C16H24N6O2/c1-13-18-15(24-19-13)12-21-8-3-9-22(11-10-21)16(23)5-4-14-6-7-17-20(14)2/h6-7H,3-5,8-12H2,1-2H3. The van der Waals surface area contributed by atoms with Crippen LogP contribution in [0.5, 0.6) is 0 Å². The number of aromatic nitrogens is 4. The van der Waals surface area contributed by atoms with Gasteiger partial charge in [0.15, 0.2) is 5.82 Å². The Kier molecular flexibility index (Phi) is 5.24. The van der Waals surface area contributed by atoms with Crippen molar-refractivity contribution < 1.29 is 9.32 Å². The summed E-state index contributed by atoms with van der Waals surface area (Å²) in [5, 5.41) is 7.96. The summed E-state index contributed by atoms with van der Waals surface area (Å²) in [4.78, 5) is 20.9. The zero-order valence-electron chi connectivity index (χ0n) is 14.3. The Morgan fingerprint density at radius 1 is 1.29 bits per heavy atom. The van der Waals surface area contributed by atoms with Gasteiger partial charge in [-0.15, -0.1) is 0 Å². The minimum absolute atomic E-state index is 0.215. The lowest BCUT2D eigenvalue weighted by atomic mass is 10.2. The van der Waals surface area contributed by atoms with Gasteiger partial charge in [-0.25, -0.2) is 0 Å². The van der Waals surface area contributed by atoms with E-state index in [1.54, 1.807) is 6.20 Å². The fraction of sp³-hybridized carbons (Fsp3) is 0.625. The highest BCUT2D eigenvalue weighted by Gasteiger charge is 2.20. The predicted octanol–water partition coefficient (Wildman–Crippen LogP) is 0.779. The highest BCUT2D eigenvalue weighted by molar-refractivity contribution is 5.76. The SMILES string of the molecule is Cc1noc(CN2CCCN(C(=O)CCc3ccnn3C)CC2)n1. The van der Waals surface area contributed by atoms with Crippen LogP contribution in [0.4, 0.5) is 0 Å². The maximum absolute atomic E-state index is 12.5. The molecule has 3 rings (SSSR count). The highest BCUT2D eigenvalue weighted by atomic mass is 16.5. The Balaban J connectivity index is 1.47. The first-order valence-corrected chi connectivity index (χ1v) is 8.38. The molecule has 0 spiro atoms. The monoisotopic (exact) mass is 332 g/mol. The van der Waals surface area contributed by atoms with Gasteiger partial charge in [0.1, 0.15) is 0 Å². The molecule has 1 amide bonds. The molecule has 130 valence electrons. The molecule has 1 aliphatic heterocycles.